The molecule has 164 valence electrons. The molecule has 0 spiro atoms. The van der Waals surface area contributed by atoms with Crippen molar-refractivity contribution in [3.8, 4) is 0 Å². The molecule has 0 radical (unpaired) electrons. The van der Waals surface area contributed by atoms with Gasteiger partial charge in [-0.1, -0.05) is 29.5 Å². The van der Waals surface area contributed by atoms with Crippen LogP contribution < -0.4 is 16.4 Å². The summed E-state index contributed by atoms with van der Waals surface area (Å²) in [5.74, 6) is -0.407. The van der Waals surface area contributed by atoms with Gasteiger partial charge in [-0.15, -0.1) is 0 Å². The lowest BCUT2D eigenvalue weighted by atomic mass is 9.97. The summed E-state index contributed by atoms with van der Waals surface area (Å²) in [6.45, 7) is 1.56. The number of aromatic nitrogens is 1. The van der Waals surface area contributed by atoms with Crippen LogP contribution in [0.25, 0.3) is 0 Å². The van der Waals surface area contributed by atoms with Gasteiger partial charge in [0.25, 0.3) is 0 Å². The van der Waals surface area contributed by atoms with Crippen molar-refractivity contribution in [3.63, 3.8) is 0 Å². The van der Waals surface area contributed by atoms with Crippen LogP contribution in [0.5, 0.6) is 0 Å². The summed E-state index contributed by atoms with van der Waals surface area (Å²) in [6.07, 6.45) is 7.31. The van der Waals surface area contributed by atoms with Crippen LogP contribution in [0.2, 0.25) is 0 Å². The van der Waals surface area contributed by atoms with E-state index in [1.54, 1.807) is 36.8 Å². The number of aliphatic imine (C=N–C) groups is 1. The van der Waals surface area contributed by atoms with E-state index in [1.165, 1.54) is 11.8 Å². The predicted molar refractivity (Wildman–Crippen MR) is 129 cm³/mol. The fraction of sp³-hybridized carbons (Fsp3) is 0.208. The third-order valence-electron chi connectivity index (χ3n) is 5.37. The SMILES string of the molecule is COC(c1cccc(N=CC=CN)c1)c1cnc(N2CCc3ccc(C(N)=O)cc3C2)s1. The summed E-state index contributed by atoms with van der Waals surface area (Å²) in [5.41, 5.74) is 15.5. The molecular formula is C24H25N5O2S. The Kier molecular flexibility index (Phi) is 6.63. The van der Waals surface area contributed by atoms with Crippen LogP contribution >= 0.6 is 11.3 Å². The van der Waals surface area contributed by atoms with E-state index >= 15 is 0 Å². The van der Waals surface area contributed by atoms with E-state index in [2.05, 4.69) is 14.9 Å². The first-order valence-electron chi connectivity index (χ1n) is 10.2. The van der Waals surface area contributed by atoms with Crippen molar-refractivity contribution in [3.05, 3.63) is 88.1 Å². The van der Waals surface area contributed by atoms with Crippen molar-refractivity contribution in [1.82, 2.24) is 4.98 Å². The van der Waals surface area contributed by atoms with Gasteiger partial charge in [0.05, 0.1) is 10.6 Å². The number of rotatable bonds is 7. The van der Waals surface area contributed by atoms with E-state index in [0.717, 1.165) is 39.8 Å². The highest BCUT2D eigenvalue weighted by molar-refractivity contribution is 7.15. The number of fused-ring (bicyclic) bond motifs is 1. The summed E-state index contributed by atoms with van der Waals surface area (Å²) < 4.78 is 5.82. The Morgan fingerprint density at radius 3 is 2.94 bits per heavy atom. The number of nitrogens with two attached hydrogens (primary N) is 2. The average Bonchev–Trinajstić information content (AvgIpc) is 3.29. The second kappa shape index (κ2) is 9.76. The summed E-state index contributed by atoms with van der Waals surface area (Å²) in [4.78, 5) is 23.8. The van der Waals surface area contributed by atoms with Gasteiger partial charge in [-0.05, 0) is 59.7 Å². The van der Waals surface area contributed by atoms with E-state index in [9.17, 15) is 4.79 Å². The van der Waals surface area contributed by atoms with E-state index < -0.39 is 5.91 Å². The van der Waals surface area contributed by atoms with Gasteiger partial charge in [0, 0.05) is 38.2 Å². The van der Waals surface area contributed by atoms with Crippen molar-refractivity contribution in [2.45, 2.75) is 19.1 Å². The van der Waals surface area contributed by atoms with Crippen LogP contribution in [0.4, 0.5) is 10.8 Å². The summed E-state index contributed by atoms with van der Waals surface area (Å²) in [7, 11) is 1.69. The summed E-state index contributed by atoms with van der Waals surface area (Å²) in [6, 6.07) is 13.6. The highest BCUT2D eigenvalue weighted by Crippen LogP contribution is 2.36. The molecule has 4 N–H and O–H groups in total. The lowest BCUT2D eigenvalue weighted by Crippen LogP contribution is -2.30. The molecule has 7 nitrogen and oxygen atoms in total. The Morgan fingerprint density at radius 1 is 1.28 bits per heavy atom. The minimum absolute atomic E-state index is 0.236. The molecule has 0 fully saturated rings. The molecule has 2 heterocycles. The molecule has 32 heavy (non-hydrogen) atoms. The lowest BCUT2D eigenvalue weighted by Gasteiger charge is -2.28. The normalized spacial score (nSPS) is 14.7. The van der Waals surface area contributed by atoms with Gasteiger partial charge in [-0.2, -0.15) is 0 Å². The van der Waals surface area contributed by atoms with Crippen LogP contribution in [0.3, 0.4) is 0 Å². The molecule has 8 heteroatoms. The van der Waals surface area contributed by atoms with Crippen LogP contribution in [-0.4, -0.2) is 30.8 Å². The van der Waals surface area contributed by atoms with Gasteiger partial charge in [0.2, 0.25) is 5.91 Å². The first kappa shape index (κ1) is 21.7. The maximum absolute atomic E-state index is 11.5. The molecule has 1 aliphatic rings. The molecule has 1 atom stereocenters. The van der Waals surface area contributed by atoms with E-state index in [-0.39, 0.29) is 6.10 Å². The fourth-order valence-corrected chi connectivity index (χ4v) is 4.83. The van der Waals surface area contributed by atoms with Crippen molar-refractivity contribution >= 4 is 34.3 Å². The highest BCUT2D eigenvalue weighted by atomic mass is 32.1. The molecule has 1 aliphatic heterocycles. The first-order valence-corrected chi connectivity index (χ1v) is 11.1. The van der Waals surface area contributed by atoms with E-state index in [1.807, 2.05) is 42.6 Å². The fourth-order valence-electron chi connectivity index (χ4n) is 3.78. The molecule has 2 aromatic carbocycles. The number of hydrogen-bond donors (Lipinski definition) is 2. The van der Waals surface area contributed by atoms with Crippen LogP contribution in [0.15, 0.2) is 65.9 Å². The average molecular weight is 448 g/mol. The van der Waals surface area contributed by atoms with Crippen LogP contribution in [-0.2, 0) is 17.7 Å². The number of thiazole rings is 1. The number of benzene rings is 2. The van der Waals surface area contributed by atoms with Crippen LogP contribution in [0, 0.1) is 0 Å². The molecule has 3 aromatic rings. The second-order valence-electron chi connectivity index (χ2n) is 7.44. The lowest BCUT2D eigenvalue weighted by molar-refractivity contribution is 0.1000. The number of methoxy groups -OCH3 is 1. The van der Waals surface area contributed by atoms with Gasteiger partial charge >= 0.3 is 0 Å². The monoisotopic (exact) mass is 447 g/mol. The molecule has 0 saturated carbocycles. The zero-order chi connectivity index (χ0) is 22.5. The Labute approximate surface area is 191 Å². The molecule has 1 amide bonds. The zero-order valence-electron chi connectivity index (χ0n) is 17.8. The third kappa shape index (κ3) is 4.71. The standard InChI is InChI=1S/C24H25N5O2S/c1-31-22(17-4-2-5-20(13-17)27-10-3-9-25)21-14-28-24(32-21)29-11-8-16-6-7-18(23(26)30)12-19(16)15-29/h2-7,9-10,12-14,22H,8,11,15,25H2,1H3,(H2,26,30). The number of amides is 1. The van der Waals surface area contributed by atoms with Gasteiger partial charge in [-0.3, -0.25) is 9.79 Å². The molecule has 0 saturated heterocycles. The Balaban J connectivity index is 1.55. The van der Waals surface area contributed by atoms with Gasteiger partial charge in [0.1, 0.15) is 6.10 Å². The van der Waals surface area contributed by atoms with Gasteiger partial charge in [0.15, 0.2) is 5.13 Å². The smallest absolute Gasteiger partial charge is 0.248 e. The van der Waals surface area contributed by atoms with Crippen molar-refractivity contribution in [2.24, 2.45) is 16.5 Å². The second-order valence-corrected chi connectivity index (χ2v) is 8.48. The van der Waals surface area contributed by atoms with E-state index in [4.69, 9.17) is 16.2 Å². The number of carbonyl (C=O) groups is 1. The molecule has 4 rings (SSSR count). The van der Waals surface area contributed by atoms with Crippen molar-refractivity contribution in [2.75, 3.05) is 18.6 Å². The van der Waals surface area contributed by atoms with Crippen molar-refractivity contribution < 1.29 is 9.53 Å². The number of allylic oxidation sites excluding steroid dienone is 1. The number of primary amides is 1. The maximum Gasteiger partial charge on any atom is 0.248 e. The third-order valence-corrected chi connectivity index (χ3v) is 6.47. The minimum atomic E-state index is -0.407. The van der Waals surface area contributed by atoms with E-state index in [0.29, 0.717) is 12.1 Å². The topological polar surface area (TPSA) is 107 Å². The highest BCUT2D eigenvalue weighted by Gasteiger charge is 2.23. The molecular weight excluding hydrogens is 422 g/mol. The van der Waals surface area contributed by atoms with Crippen molar-refractivity contribution in [1.29, 1.82) is 0 Å². The number of nitrogens with zero attached hydrogens (tertiary/aromatic N) is 3. The Morgan fingerprint density at radius 2 is 2.16 bits per heavy atom. The number of ether oxygens (including phenoxy) is 1. The zero-order valence-corrected chi connectivity index (χ0v) is 18.6. The number of anilines is 1. The van der Waals surface area contributed by atoms with Gasteiger partial charge in [-0.25, -0.2) is 4.98 Å². The number of carbonyl (C=O) groups excluding carboxylic acids is 1. The summed E-state index contributed by atoms with van der Waals surface area (Å²) >= 11 is 1.61. The molecule has 1 unspecified atom stereocenters. The minimum Gasteiger partial charge on any atom is -0.405 e. The molecule has 0 bridgehead atoms. The number of hydrogen-bond acceptors (Lipinski definition) is 7. The maximum atomic E-state index is 11.5. The quantitative estimate of drug-likeness (QED) is 0.537. The predicted octanol–water partition coefficient (Wildman–Crippen LogP) is 3.72. The first-order chi connectivity index (χ1) is 15.6. The summed E-state index contributed by atoms with van der Waals surface area (Å²) in [5, 5.41) is 0.930. The molecule has 0 aliphatic carbocycles. The Bertz CT molecular complexity index is 1170. The molecule has 1 aromatic heterocycles. The largest absolute Gasteiger partial charge is 0.405 e. The van der Waals surface area contributed by atoms with Gasteiger partial charge < -0.3 is 21.1 Å². The van der Waals surface area contributed by atoms with Crippen LogP contribution in [0.1, 0.15) is 38.0 Å². The Hall–Kier alpha value is -3.49.